The van der Waals surface area contributed by atoms with E-state index in [1.54, 1.807) is 18.2 Å². The summed E-state index contributed by atoms with van der Waals surface area (Å²) in [5.74, 6) is -0.872. The zero-order valence-corrected chi connectivity index (χ0v) is 5.66. The maximum atomic E-state index is 10.4. The standard InChI is InChI=1S/C8H8O2.Li.H/c1-6-3-2-4-7(5-6)8(9)10;;/h2-5H,1H3,(H,9,10);;. The number of aromatic carboxylic acids is 1. The van der Waals surface area contributed by atoms with Crippen LogP contribution in [0.3, 0.4) is 0 Å². The van der Waals surface area contributed by atoms with Gasteiger partial charge >= 0.3 is 24.8 Å². The topological polar surface area (TPSA) is 37.3 Å². The van der Waals surface area contributed by atoms with Gasteiger partial charge in [-0.25, -0.2) is 4.79 Å². The van der Waals surface area contributed by atoms with E-state index >= 15 is 0 Å². The number of aryl methyl sites for hydroxylation is 1. The van der Waals surface area contributed by atoms with Gasteiger partial charge in [0.1, 0.15) is 0 Å². The Hall–Kier alpha value is -0.713. The quantitative estimate of drug-likeness (QED) is 0.598. The number of carboxylic acid groups (broad SMARTS) is 1. The Morgan fingerprint density at radius 2 is 2.09 bits per heavy atom. The average Bonchev–Trinajstić information content (AvgIpc) is 1.88. The zero-order valence-electron chi connectivity index (χ0n) is 5.66. The van der Waals surface area contributed by atoms with Crippen LogP contribution in [0.25, 0.3) is 0 Å². The Kier molecular flexibility index (Phi) is 3.95. The van der Waals surface area contributed by atoms with Crippen molar-refractivity contribution in [3.8, 4) is 0 Å². The van der Waals surface area contributed by atoms with Gasteiger partial charge in [-0.3, -0.25) is 0 Å². The summed E-state index contributed by atoms with van der Waals surface area (Å²) in [4.78, 5) is 10.4. The van der Waals surface area contributed by atoms with Gasteiger partial charge in [-0.05, 0) is 19.1 Å². The fourth-order valence-corrected chi connectivity index (χ4v) is 0.778. The molecule has 2 nitrogen and oxygen atoms in total. The van der Waals surface area contributed by atoms with Crippen LogP contribution in [0.5, 0.6) is 0 Å². The molecule has 0 aliphatic carbocycles. The third kappa shape index (κ3) is 2.79. The first-order chi connectivity index (χ1) is 4.70. The van der Waals surface area contributed by atoms with Crippen molar-refractivity contribution in [1.29, 1.82) is 0 Å². The third-order valence-electron chi connectivity index (χ3n) is 1.27. The Morgan fingerprint density at radius 3 is 2.45 bits per heavy atom. The van der Waals surface area contributed by atoms with Crippen LogP contribution in [0.1, 0.15) is 15.9 Å². The molecule has 0 heterocycles. The van der Waals surface area contributed by atoms with Gasteiger partial charge in [-0.1, -0.05) is 17.7 Å². The summed E-state index contributed by atoms with van der Waals surface area (Å²) in [6, 6.07) is 6.82. The summed E-state index contributed by atoms with van der Waals surface area (Å²) in [5.41, 5.74) is 1.32. The molecule has 1 rings (SSSR count). The second-order valence-electron chi connectivity index (χ2n) is 2.17. The van der Waals surface area contributed by atoms with Crippen molar-refractivity contribution in [3.05, 3.63) is 35.4 Å². The molecule has 0 saturated carbocycles. The van der Waals surface area contributed by atoms with Crippen molar-refractivity contribution in [3.63, 3.8) is 0 Å². The van der Waals surface area contributed by atoms with Crippen LogP contribution in [-0.4, -0.2) is 29.9 Å². The Morgan fingerprint density at radius 1 is 1.45 bits per heavy atom. The molecular formula is C8H9LiO2. The van der Waals surface area contributed by atoms with Gasteiger partial charge in [0, 0.05) is 0 Å². The van der Waals surface area contributed by atoms with Crippen LogP contribution in [0.2, 0.25) is 0 Å². The van der Waals surface area contributed by atoms with Gasteiger partial charge in [-0.2, -0.15) is 0 Å². The predicted molar refractivity (Wildman–Crippen MR) is 45.3 cm³/mol. The van der Waals surface area contributed by atoms with Crippen molar-refractivity contribution in [2.24, 2.45) is 0 Å². The number of carboxylic acids is 1. The summed E-state index contributed by atoms with van der Waals surface area (Å²) in [6.07, 6.45) is 0. The molecule has 11 heavy (non-hydrogen) atoms. The van der Waals surface area contributed by atoms with Crippen LogP contribution in [-0.2, 0) is 0 Å². The van der Waals surface area contributed by atoms with E-state index in [1.807, 2.05) is 13.0 Å². The first-order valence-corrected chi connectivity index (χ1v) is 3.00. The molecule has 0 radical (unpaired) electrons. The van der Waals surface area contributed by atoms with E-state index < -0.39 is 5.97 Å². The summed E-state index contributed by atoms with van der Waals surface area (Å²) >= 11 is 0. The van der Waals surface area contributed by atoms with Crippen molar-refractivity contribution >= 4 is 24.8 Å². The van der Waals surface area contributed by atoms with Crippen molar-refractivity contribution < 1.29 is 9.90 Å². The molecule has 0 aliphatic rings. The molecule has 0 aromatic heterocycles. The summed E-state index contributed by atoms with van der Waals surface area (Å²) in [6.45, 7) is 1.87. The fraction of sp³-hybridized carbons (Fsp3) is 0.125. The van der Waals surface area contributed by atoms with Gasteiger partial charge < -0.3 is 5.11 Å². The minimum absolute atomic E-state index is 0. The fourth-order valence-electron chi connectivity index (χ4n) is 0.778. The predicted octanol–water partition coefficient (Wildman–Crippen LogP) is 1.04. The van der Waals surface area contributed by atoms with E-state index in [4.69, 9.17) is 5.11 Å². The van der Waals surface area contributed by atoms with Crippen LogP contribution in [0.4, 0.5) is 0 Å². The second-order valence-corrected chi connectivity index (χ2v) is 2.17. The number of rotatable bonds is 1. The van der Waals surface area contributed by atoms with Crippen LogP contribution < -0.4 is 0 Å². The third-order valence-corrected chi connectivity index (χ3v) is 1.27. The molecule has 0 amide bonds. The number of benzene rings is 1. The Bertz CT molecular complexity index is 258. The minimum atomic E-state index is -0.872. The second kappa shape index (κ2) is 4.22. The molecule has 1 aromatic carbocycles. The summed E-state index contributed by atoms with van der Waals surface area (Å²) < 4.78 is 0. The monoisotopic (exact) mass is 144 g/mol. The number of carbonyl (C=O) groups is 1. The average molecular weight is 144 g/mol. The molecule has 0 atom stereocenters. The Balaban J connectivity index is 0.000001000. The molecule has 0 fully saturated rings. The van der Waals surface area contributed by atoms with Crippen LogP contribution in [0.15, 0.2) is 24.3 Å². The first kappa shape index (κ1) is 10.3. The molecular weight excluding hydrogens is 135 g/mol. The van der Waals surface area contributed by atoms with E-state index in [2.05, 4.69) is 0 Å². The maximum absolute atomic E-state index is 10.4. The van der Waals surface area contributed by atoms with Gasteiger partial charge in [0.05, 0.1) is 5.56 Å². The zero-order chi connectivity index (χ0) is 7.56. The van der Waals surface area contributed by atoms with E-state index in [-0.39, 0.29) is 18.9 Å². The molecule has 0 aliphatic heterocycles. The SMILES string of the molecule is Cc1cccc(C(=O)O)c1.[LiH]. The molecule has 0 bridgehead atoms. The van der Waals surface area contributed by atoms with Crippen LogP contribution >= 0.6 is 0 Å². The van der Waals surface area contributed by atoms with E-state index in [0.29, 0.717) is 5.56 Å². The van der Waals surface area contributed by atoms with E-state index in [0.717, 1.165) is 5.56 Å². The van der Waals surface area contributed by atoms with Gasteiger partial charge in [0.2, 0.25) is 0 Å². The molecule has 3 heteroatoms. The summed E-state index contributed by atoms with van der Waals surface area (Å²) in [7, 11) is 0. The van der Waals surface area contributed by atoms with Crippen molar-refractivity contribution in [2.45, 2.75) is 6.92 Å². The van der Waals surface area contributed by atoms with Gasteiger partial charge in [-0.15, -0.1) is 0 Å². The van der Waals surface area contributed by atoms with Crippen LogP contribution in [0, 0.1) is 6.92 Å². The number of hydrogen-bond acceptors (Lipinski definition) is 1. The van der Waals surface area contributed by atoms with Crippen molar-refractivity contribution in [2.75, 3.05) is 0 Å². The molecule has 0 spiro atoms. The molecule has 1 N–H and O–H groups in total. The normalized spacial score (nSPS) is 8.45. The summed E-state index contributed by atoms with van der Waals surface area (Å²) in [5, 5.41) is 8.51. The van der Waals surface area contributed by atoms with E-state index in [1.165, 1.54) is 0 Å². The van der Waals surface area contributed by atoms with E-state index in [9.17, 15) is 4.79 Å². The Labute approximate surface area is 77.4 Å². The molecule has 1 aromatic rings. The molecule has 0 unspecified atom stereocenters. The molecule has 54 valence electrons. The van der Waals surface area contributed by atoms with Crippen molar-refractivity contribution in [1.82, 2.24) is 0 Å². The molecule has 0 saturated heterocycles. The van der Waals surface area contributed by atoms with Gasteiger partial charge in [0.15, 0.2) is 0 Å². The number of hydrogen-bond donors (Lipinski definition) is 1. The van der Waals surface area contributed by atoms with Gasteiger partial charge in [0.25, 0.3) is 0 Å². The first-order valence-electron chi connectivity index (χ1n) is 3.00.